The van der Waals surface area contributed by atoms with Crippen LogP contribution < -0.4 is 5.32 Å². The van der Waals surface area contributed by atoms with Gasteiger partial charge >= 0.3 is 0 Å². The molecule has 3 aliphatic rings. The van der Waals surface area contributed by atoms with Crippen molar-refractivity contribution < 1.29 is 9.47 Å². The highest BCUT2D eigenvalue weighted by Crippen LogP contribution is 2.71. The highest BCUT2D eigenvalue weighted by atomic mass is 35.5. The zero-order chi connectivity index (χ0) is 19.4. The molecular weight excluding hydrogens is 358 g/mol. The van der Waals surface area contributed by atoms with E-state index >= 15 is 0 Å². The molecule has 1 aromatic rings. The highest BCUT2D eigenvalue weighted by molar-refractivity contribution is 6.31. The molecule has 2 bridgehead atoms. The Hall–Kier alpha value is -0.610. The van der Waals surface area contributed by atoms with Crippen molar-refractivity contribution in [3.8, 4) is 0 Å². The fraction of sp³-hybridized carbons (Fsp3) is 0.739. The van der Waals surface area contributed by atoms with Crippen LogP contribution in [0.3, 0.4) is 0 Å². The second-order valence-corrected chi connectivity index (χ2v) is 10.3. The van der Waals surface area contributed by atoms with Gasteiger partial charge in [0.2, 0.25) is 0 Å². The normalized spacial score (nSPS) is 37.7. The third-order valence-electron chi connectivity index (χ3n) is 7.95. The van der Waals surface area contributed by atoms with Gasteiger partial charge in [0.05, 0.1) is 12.2 Å². The van der Waals surface area contributed by atoms with Crippen LogP contribution in [0.15, 0.2) is 24.3 Å². The third-order valence-corrected chi connectivity index (χ3v) is 8.29. The molecule has 6 atom stereocenters. The molecule has 3 nitrogen and oxygen atoms in total. The molecule has 1 saturated heterocycles. The second-order valence-electron chi connectivity index (χ2n) is 9.88. The van der Waals surface area contributed by atoms with Crippen molar-refractivity contribution in [2.45, 2.75) is 78.4 Å². The summed E-state index contributed by atoms with van der Waals surface area (Å²) in [7, 11) is 0. The minimum atomic E-state index is -0.133. The topological polar surface area (TPSA) is 30.5 Å². The number of hydrogen-bond acceptors (Lipinski definition) is 3. The zero-order valence-electron chi connectivity index (χ0n) is 17.3. The summed E-state index contributed by atoms with van der Waals surface area (Å²) in [6.07, 6.45) is 3.73. The summed E-state index contributed by atoms with van der Waals surface area (Å²) in [5, 5.41) is 4.27. The van der Waals surface area contributed by atoms with Gasteiger partial charge in [0.25, 0.3) is 0 Å². The molecule has 0 spiro atoms. The van der Waals surface area contributed by atoms with E-state index in [0.717, 1.165) is 29.5 Å². The van der Waals surface area contributed by atoms with E-state index in [0.29, 0.717) is 23.5 Å². The molecule has 3 fully saturated rings. The van der Waals surface area contributed by atoms with Crippen LogP contribution in [0.5, 0.6) is 0 Å². The number of ether oxygens (including phenoxy) is 2. The number of fused-ring (bicyclic) bond motifs is 5. The van der Waals surface area contributed by atoms with Gasteiger partial charge < -0.3 is 14.8 Å². The van der Waals surface area contributed by atoms with Gasteiger partial charge in [-0.3, -0.25) is 0 Å². The van der Waals surface area contributed by atoms with E-state index in [-0.39, 0.29) is 17.8 Å². The fourth-order valence-electron chi connectivity index (χ4n) is 6.06. The predicted octanol–water partition coefficient (Wildman–Crippen LogP) is 5.58. The van der Waals surface area contributed by atoms with Crippen LogP contribution in [-0.2, 0) is 9.47 Å². The second kappa shape index (κ2) is 7.02. The van der Waals surface area contributed by atoms with E-state index in [1.807, 2.05) is 18.2 Å². The van der Waals surface area contributed by atoms with Gasteiger partial charge in [-0.15, -0.1) is 0 Å². The lowest BCUT2D eigenvalue weighted by Gasteiger charge is -2.39. The monoisotopic (exact) mass is 391 g/mol. The quantitative estimate of drug-likeness (QED) is 0.686. The van der Waals surface area contributed by atoms with Crippen molar-refractivity contribution in [1.82, 2.24) is 5.32 Å². The van der Waals surface area contributed by atoms with Gasteiger partial charge in [0.1, 0.15) is 0 Å². The molecular formula is C23H34ClNO2. The molecule has 4 heteroatoms. The van der Waals surface area contributed by atoms with Crippen LogP contribution in [0.4, 0.5) is 0 Å². The fourth-order valence-corrected chi connectivity index (χ4v) is 6.32. The number of halogens is 1. The molecule has 4 rings (SSSR count). The molecule has 1 aromatic carbocycles. The first-order valence-corrected chi connectivity index (χ1v) is 10.9. The molecule has 0 amide bonds. The number of rotatable bonds is 6. The van der Waals surface area contributed by atoms with Crippen molar-refractivity contribution >= 4 is 11.6 Å². The standard InChI is InChI=1S/C23H34ClNO2/c1-14(2)25-13-19(15-8-6-7-9-18(15)24)26-20-12-16-17-10-11-23(5,21(16)27-20)22(17,3)4/h6-9,14,16-17,19-21,25H,10-13H2,1-5H3/t16-,17-,19+,20+,21-,23+/m0/s1. The van der Waals surface area contributed by atoms with Crippen molar-refractivity contribution in [3.05, 3.63) is 34.9 Å². The maximum absolute atomic E-state index is 6.56. The van der Waals surface area contributed by atoms with Gasteiger partial charge in [0.15, 0.2) is 6.29 Å². The van der Waals surface area contributed by atoms with Crippen molar-refractivity contribution in [2.75, 3.05) is 6.54 Å². The van der Waals surface area contributed by atoms with Crippen molar-refractivity contribution in [2.24, 2.45) is 22.7 Å². The van der Waals surface area contributed by atoms with Crippen LogP contribution in [0.2, 0.25) is 5.02 Å². The molecule has 27 heavy (non-hydrogen) atoms. The maximum atomic E-state index is 6.56. The smallest absolute Gasteiger partial charge is 0.159 e. The van der Waals surface area contributed by atoms with Gasteiger partial charge in [-0.2, -0.15) is 0 Å². The summed E-state index contributed by atoms with van der Waals surface area (Å²) in [6.45, 7) is 12.4. The van der Waals surface area contributed by atoms with Crippen molar-refractivity contribution in [3.63, 3.8) is 0 Å². The van der Waals surface area contributed by atoms with Crippen LogP contribution >= 0.6 is 11.6 Å². The molecule has 0 radical (unpaired) electrons. The first-order chi connectivity index (χ1) is 12.7. The average Bonchev–Trinajstić information content (AvgIpc) is 3.17. The molecule has 0 aromatic heterocycles. The van der Waals surface area contributed by atoms with Crippen LogP contribution in [0.25, 0.3) is 0 Å². The minimum absolute atomic E-state index is 0.0941. The first-order valence-electron chi connectivity index (χ1n) is 10.5. The number of nitrogens with one attached hydrogen (secondary N) is 1. The van der Waals surface area contributed by atoms with Crippen LogP contribution in [-0.4, -0.2) is 25.0 Å². The average molecular weight is 392 g/mol. The Kier molecular flexibility index (Phi) is 5.12. The maximum Gasteiger partial charge on any atom is 0.159 e. The Balaban J connectivity index is 1.50. The molecule has 1 heterocycles. The lowest BCUT2D eigenvalue weighted by molar-refractivity contribution is -0.186. The lowest BCUT2D eigenvalue weighted by atomic mass is 9.70. The predicted molar refractivity (Wildman–Crippen MR) is 110 cm³/mol. The Labute approximate surface area is 169 Å². The van der Waals surface area contributed by atoms with Gasteiger partial charge in [0, 0.05) is 29.6 Å². The van der Waals surface area contributed by atoms with E-state index in [1.54, 1.807) is 0 Å². The summed E-state index contributed by atoms with van der Waals surface area (Å²) in [5.41, 5.74) is 1.69. The van der Waals surface area contributed by atoms with Crippen LogP contribution in [0.1, 0.15) is 65.5 Å². The Morgan fingerprint density at radius 3 is 2.67 bits per heavy atom. The van der Waals surface area contributed by atoms with E-state index in [9.17, 15) is 0 Å². The van der Waals surface area contributed by atoms with Crippen LogP contribution in [0, 0.1) is 22.7 Å². The van der Waals surface area contributed by atoms with Gasteiger partial charge in [-0.05, 0) is 41.6 Å². The van der Waals surface area contributed by atoms with E-state index < -0.39 is 0 Å². The Bertz CT molecular complexity index is 691. The highest BCUT2D eigenvalue weighted by Gasteiger charge is 2.69. The first kappa shape index (κ1) is 19.7. The minimum Gasteiger partial charge on any atom is -0.349 e. The van der Waals surface area contributed by atoms with E-state index in [2.05, 4.69) is 46.0 Å². The largest absolute Gasteiger partial charge is 0.349 e. The molecule has 1 aliphatic heterocycles. The zero-order valence-corrected chi connectivity index (χ0v) is 18.1. The summed E-state index contributed by atoms with van der Waals surface area (Å²) in [6, 6.07) is 8.41. The molecule has 2 aliphatic carbocycles. The molecule has 0 unspecified atom stereocenters. The van der Waals surface area contributed by atoms with Gasteiger partial charge in [-0.1, -0.05) is 64.4 Å². The van der Waals surface area contributed by atoms with Crippen molar-refractivity contribution in [1.29, 1.82) is 0 Å². The SMILES string of the molecule is CC(C)NC[C@@H](O[C@H]1C[C@H]2[C@@H]3CC[C@](C)([C@H]2O1)C3(C)C)c1ccccc1Cl. The van der Waals surface area contributed by atoms with E-state index in [4.69, 9.17) is 21.1 Å². The summed E-state index contributed by atoms with van der Waals surface area (Å²) >= 11 is 6.48. The molecule has 2 saturated carbocycles. The Morgan fingerprint density at radius 1 is 1.26 bits per heavy atom. The summed E-state index contributed by atoms with van der Waals surface area (Å²) in [4.78, 5) is 0. The van der Waals surface area contributed by atoms with E-state index in [1.165, 1.54) is 12.8 Å². The number of hydrogen-bond donors (Lipinski definition) is 1. The summed E-state index contributed by atoms with van der Waals surface area (Å²) in [5.74, 6) is 1.39. The Morgan fingerprint density at radius 2 is 2.00 bits per heavy atom. The number of benzene rings is 1. The molecule has 150 valence electrons. The molecule has 1 N–H and O–H groups in total. The van der Waals surface area contributed by atoms with Gasteiger partial charge in [-0.25, -0.2) is 0 Å². The summed E-state index contributed by atoms with van der Waals surface area (Å²) < 4.78 is 13.1. The lowest BCUT2D eigenvalue weighted by Crippen LogP contribution is -2.38. The third kappa shape index (κ3) is 3.15.